The van der Waals surface area contributed by atoms with Crippen molar-refractivity contribution in [1.82, 2.24) is 0 Å². The van der Waals surface area contributed by atoms with Gasteiger partial charge in [0.05, 0.1) is 5.39 Å². The van der Waals surface area contributed by atoms with Gasteiger partial charge in [-0.3, -0.25) is 9.79 Å². The number of rotatable bonds is 2. The third-order valence-electron chi connectivity index (χ3n) is 2.89. The molecule has 0 radical (unpaired) electrons. The summed E-state index contributed by atoms with van der Waals surface area (Å²) in [4.78, 5) is 29.5. The zero-order valence-corrected chi connectivity index (χ0v) is 11.3. The minimum Gasteiger partial charge on any atom is -0.508 e. The van der Waals surface area contributed by atoms with Crippen LogP contribution in [0.4, 0.5) is 0 Å². The Morgan fingerprint density at radius 2 is 1.71 bits per heavy atom. The third kappa shape index (κ3) is 2.62. The Kier molecular flexibility index (Phi) is 2.98. The van der Waals surface area contributed by atoms with E-state index in [0.29, 0.717) is 10.8 Å². The Balaban J connectivity index is 2.30. The smallest absolute Gasteiger partial charge is 0.508 e. The van der Waals surface area contributed by atoms with Gasteiger partial charge in [-0.25, -0.2) is 9.36 Å². The molecule has 0 saturated carbocycles. The van der Waals surface area contributed by atoms with E-state index in [-0.39, 0.29) is 22.5 Å². The number of benzene rings is 2. The molecule has 108 valence electrons. The van der Waals surface area contributed by atoms with Crippen molar-refractivity contribution in [1.29, 1.82) is 0 Å². The Morgan fingerprint density at radius 3 is 2.43 bits per heavy atom. The number of phosphoric acid groups is 1. The van der Waals surface area contributed by atoms with Gasteiger partial charge in [0.15, 0.2) is 0 Å². The van der Waals surface area contributed by atoms with Crippen LogP contribution in [0.15, 0.2) is 45.6 Å². The van der Waals surface area contributed by atoms with Crippen LogP contribution in [-0.2, 0) is 4.57 Å². The molecule has 0 aliphatic heterocycles. The minimum atomic E-state index is -4.70. The number of phenolic OH excluding ortho intramolecular Hbond substituents is 1. The van der Waals surface area contributed by atoms with Crippen molar-refractivity contribution >= 4 is 29.6 Å². The summed E-state index contributed by atoms with van der Waals surface area (Å²) in [6.07, 6.45) is 0. The fraction of sp³-hybridized carbons (Fsp3) is 0. The average Bonchev–Trinajstić information content (AvgIpc) is 2.37. The number of hydrogen-bond donors (Lipinski definition) is 3. The first kappa shape index (κ1) is 13.6. The molecular formula is C13H9O7P. The maximum Gasteiger partial charge on any atom is 0.524 e. The van der Waals surface area contributed by atoms with Gasteiger partial charge in [0.1, 0.15) is 17.1 Å². The summed E-state index contributed by atoms with van der Waals surface area (Å²) >= 11 is 0. The van der Waals surface area contributed by atoms with Gasteiger partial charge >= 0.3 is 13.4 Å². The van der Waals surface area contributed by atoms with Crippen LogP contribution in [0.2, 0.25) is 0 Å². The van der Waals surface area contributed by atoms with Gasteiger partial charge < -0.3 is 14.0 Å². The summed E-state index contributed by atoms with van der Waals surface area (Å²) in [6.45, 7) is 0. The highest BCUT2D eigenvalue weighted by atomic mass is 31.2. The van der Waals surface area contributed by atoms with E-state index in [2.05, 4.69) is 4.52 Å². The quantitative estimate of drug-likeness (QED) is 0.377. The SMILES string of the molecule is O=c1oc2cc(O)ccc2c2ccc(OP(=O)(O)O)cc12. The van der Waals surface area contributed by atoms with Crippen molar-refractivity contribution in [3.05, 3.63) is 46.8 Å². The summed E-state index contributed by atoms with van der Waals surface area (Å²) < 4.78 is 20.3. The van der Waals surface area contributed by atoms with Crippen LogP contribution >= 0.6 is 7.82 Å². The molecular weight excluding hydrogens is 299 g/mol. The van der Waals surface area contributed by atoms with Crippen molar-refractivity contribution in [2.45, 2.75) is 0 Å². The Labute approximate surface area is 117 Å². The number of hydrogen-bond acceptors (Lipinski definition) is 5. The summed E-state index contributed by atoms with van der Waals surface area (Å²) in [6, 6.07) is 8.38. The van der Waals surface area contributed by atoms with Gasteiger partial charge in [-0.15, -0.1) is 0 Å². The van der Waals surface area contributed by atoms with Crippen molar-refractivity contribution in [3.8, 4) is 11.5 Å². The van der Waals surface area contributed by atoms with Gasteiger partial charge in [0, 0.05) is 16.8 Å². The highest BCUT2D eigenvalue weighted by Gasteiger charge is 2.17. The molecule has 0 aliphatic rings. The van der Waals surface area contributed by atoms with Crippen LogP contribution in [0.1, 0.15) is 0 Å². The maximum atomic E-state index is 11.9. The Bertz CT molecular complexity index is 954. The van der Waals surface area contributed by atoms with Gasteiger partial charge in [-0.1, -0.05) is 0 Å². The predicted octanol–water partition coefficient (Wildman–Crippen LogP) is 2.12. The van der Waals surface area contributed by atoms with Crippen LogP contribution in [0.25, 0.3) is 21.7 Å². The van der Waals surface area contributed by atoms with Crippen molar-refractivity contribution in [2.75, 3.05) is 0 Å². The summed E-state index contributed by atoms with van der Waals surface area (Å²) in [5.74, 6) is -0.173. The van der Waals surface area contributed by atoms with Gasteiger partial charge in [-0.05, 0) is 30.3 Å². The van der Waals surface area contributed by atoms with E-state index in [0.717, 1.165) is 0 Å². The highest BCUT2D eigenvalue weighted by molar-refractivity contribution is 7.46. The topological polar surface area (TPSA) is 117 Å². The van der Waals surface area contributed by atoms with Crippen LogP contribution in [-0.4, -0.2) is 14.9 Å². The molecule has 2 aromatic carbocycles. The molecule has 0 fully saturated rings. The van der Waals surface area contributed by atoms with E-state index in [4.69, 9.17) is 14.2 Å². The second-order valence-electron chi connectivity index (χ2n) is 4.36. The van der Waals surface area contributed by atoms with Crippen molar-refractivity contribution in [3.63, 3.8) is 0 Å². The molecule has 0 spiro atoms. The van der Waals surface area contributed by atoms with E-state index in [9.17, 15) is 14.5 Å². The standard InChI is InChI=1S/C13H9O7P/c14-7-1-3-10-9-4-2-8(20-21(16,17)18)6-11(9)13(15)19-12(10)5-7/h1-6,14H,(H2,16,17,18). The van der Waals surface area contributed by atoms with E-state index in [1.54, 1.807) is 6.07 Å². The molecule has 0 aliphatic carbocycles. The zero-order chi connectivity index (χ0) is 15.2. The zero-order valence-electron chi connectivity index (χ0n) is 10.4. The molecule has 8 heteroatoms. The number of phosphoric ester groups is 1. The van der Waals surface area contributed by atoms with Crippen LogP contribution in [0.3, 0.4) is 0 Å². The van der Waals surface area contributed by atoms with E-state index in [1.165, 1.54) is 30.3 Å². The molecule has 1 heterocycles. The molecule has 0 saturated heterocycles. The average molecular weight is 308 g/mol. The lowest BCUT2D eigenvalue weighted by atomic mass is 10.1. The molecule has 0 unspecified atom stereocenters. The minimum absolute atomic E-state index is 0.0357. The molecule has 0 bridgehead atoms. The van der Waals surface area contributed by atoms with Crippen molar-refractivity contribution < 1.29 is 28.4 Å². The molecule has 3 N–H and O–H groups in total. The van der Waals surface area contributed by atoms with E-state index in [1.807, 2.05) is 0 Å². The first-order valence-electron chi connectivity index (χ1n) is 5.78. The molecule has 0 amide bonds. The van der Waals surface area contributed by atoms with Crippen LogP contribution < -0.4 is 10.1 Å². The highest BCUT2D eigenvalue weighted by Crippen LogP contribution is 2.38. The molecule has 1 aromatic heterocycles. The lowest BCUT2D eigenvalue weighted by Crippen LogP contribution is -2.00. The second kappa shape index (κ2) is 4.60. The van der Waals surface area contributed by atoms with E-state index >= 15 is 0 Å². The molecule has 21 heavy (non-hydrogen) atoms. The fourth-order valence-corrected chi connectivity index (χ4v) is 2.48. The number of phenols is 1. The molecule has 3 aromatic rings. The molecule has 3 rings (SSSR count). The van der Waals surface area contributed by atoms with Crippen LogP contribution in [0.5, 0.6) is 11.5 Å². The largest absolute Gasteiger partial charge is 0.524 e. The Morgan fingerprint density at radius 1 is 1.00 bits per heavy atom. The maximum absolute atomic E-state index is 11.9. The lowest BCUT2D eigenvalue weighted by molar-refractivity contribution is 0.283. The van der Waals surface area contributed by atoms with Gasteiger partial charge in [0.2, 0.25) is 0 Å². The molecule has 0 atom stereocenters. The number of fused-ring (bicyclic) bond motifs is 3. The lowest BCUT2D eigenvalue weighted by Gasteiger charge is -2.08. The van der Waals surface area contributed by atoms with E-state index < -0.39 is 13.4 Å². The van der Waals surface area contributed by atoms with Gasteiger partial charge in [-0.2, -0.15) is 0 Å². The second-order valence-corrected chi connectivity index (χ2v) is 5.52. The predicted molar refractivity (Wildman–Crippen MR) is 74.3 cm³/mol. The first-order valence-corrected chi connectivity index (χ1v) is 7.31. The summed E-state index contributed by atoms with van der Waals surface area (Å²) in [5, 5.41) is 10.6. The number of aromatic hydroxyl groups is 1. The Hall–Kier alpha value is -2.34. The van der Waals surface area contributed by atoms with Crippen LogP contribution in [0, 0.1) is 0 Å². The third-order valence-corrected chi connectivity index (χ3v) is 3.34. The van der Waals surface area contributed by atoms with Gasteiger partial charge in [0.25, 0.3) is 0 Å². The summed E-state index contributed by atoms with van der Waals surface area (Å²) in [7, 11) is -4.70. The first-order chi connectivity index (χ1) is 9.83. The summed E-state index contributed by atoms with van der Waals surface area (Å²) in [5.41, 5.74) is -0.476. The molecule has 7 nitrogen and oxygen atoms in total. The fourth-order valence-electron chi connectivity index (χ4n) is 2.09. The van der Waals surface area contributed by atoms with Crippen molar-refractivity contribution in [2.24, 2.45) is 0 Å². The monoisotopic (exact) mass is 308 g/mol. The normalized spacial score (nSPS) is 11.9.